The molecule has 0 bridgehead atoms. The van der Waals surface area contributed by atoms with Gasteiger partial charge >= 0.3 is 0 Å². The number of nitrogens with zero attached hydrogens (tertiary/aromatic N) is 2. The van der Waals surface area contributed by atoms with E-state index < -0.39 is 11.4 Å². The first-order valence-electron chi connectivity index (χ1n) is 5.21. The van der Waals surface area contributed by atoms with Gasteiger partial charge in [0.1, 0.15) is 17.3 Å². The van der Waals surface area contributed by atoms with Gasteiger partial charge in [0.25, 0.3) is 5.56 Å². The molecule has 2 rings (SSSR count). The fraction of sp³-hybridized carbons (Fsp3) is 0.0833. The lowest BCUT2D eigenvalue weighted by Gasteiger charge is -2.09. The normalized spacial score (nSPS) is 10.3. The van der Waals surface area contributed by atoms with Gasteiger partial charge in [0, 0.05) is 0 Å². The predicted molar refractivity (Wildman–Crippen MR) is 76.8 cm³/mol. The minimum Gasteiger partial charge on any atom is -0.300 e. The summed E-state index contributed by atoms with van der Waals surface area (Å²) >= 11 is 12.8. The third-order valence-corrected chi connectivity index (χ3v) is 3.67. The fourth-order valence-corrected chi connectivity index (χ4v) is 2.35. The molecule has 0 unspecified atom stereocenters. The summed E-state index contributed by atoms with van der Waals surface area (Å²) < 4.78 is 14.1. The maximum atomic E-state index is 14.1. The van der Waals surface area contributed by atoms with E-state index >= 15 is 0 Å². The third-order valence-electron chi connectivity index (χ3n) is 2.48. The standard InChI is InChI=1S/C12H6Cl2FN3OS/c1-20-12-17-10(5(4-16)11(19)18-12)8-6(13)2-3-7(14)9(8)15/h2-3H,1H3,(H,17,18,19). The molecule has 1 N–H and O–H groups in total. The molecule has 0 saturated heterocycles. The van der Waals surface area contributed by atoms with E-state index in [0.717, 1.165) is 11.8 Å². The van der Waals surface area contributed by atoms with Crippen LogP contribution >= 0.6 is 35.0 Å². The number of hydrogen-bond donors (Lipinski definition) is 1. The van der Waals surface area contributed by atoms with E-state index in [0.29, 0.717) is 0 Å². The highest BCUT2D eigenvalue weighted by molar-refractivity contribution is 7.98. The van der Waals surface area contributed by atoms with Gasteiger partial charge in [0.2, 0.25) is 0 Å². The monoisotopic (exact) mass is 329 g/mol. The van der Waals surface area contributed by atoms with Gasteiger partial charge in [-0.25, -0.2) is 9.37 Å². The van der Waals surface area contributed by atoms with Crippen molar-refractivity contribution in [3.05, 3.63) is 43.9 Å². The second kappa shape index (κ2) is 5.83. The molecule has 102 valence electrons. The van der Waals surface area contributed by atoms with E-state index in [4.69, 9.17) is 28.5 Å². The highest BCUT2D eigenvalue weighted by Gasteiger charge is 2.21. The Hall–Kier alpha value is -1.55. The lowest BCUT2D eigenvalue weighted by atomic mass is 10.1. The summed E-state index contributed by atoms with van der Waals surface area (Å²) in [5.74, 6) is -0.819. The lowest BCUT2D eigenvalue weighted by molar-refractivity contribution is 0.630. The first kappa shape index (κ1) is 14.9. The summed E-state index contributed by atoms with van der Waals surface area (Å²) in [5, 5.41) is 9.17. The molecule has 1 aromatic carbocycles. The summed E-state index contributed by atoms with van der Waals surface area (Å²) in [6.07, 6.45) is 1.68. The summed E-state index contributed by atoms with van der Waals surface area (Å²) in [6.45, 7) is 0. The molecule has 0 atom stereocenters. The number of aromatic nitrogens is 2. The Bertz CT molecular complexity index is 785. The molecule has 0 fully saturated rings. The van der Waals surface area contributed by atoms with E-state index in [1.807, 2.05) is 0 Å². The van der Waals surface area contributed by atoms with Gasteiger partial charge in [0.05, 0.1) is 15.6 Å². The first-order chi connectivity index (χ1) is 9.49. The number of H-pyrrole nitrogens is 1. The minimum atomic E-state index is -0.819. The highest BCUT2D eigenvalue weighted by atomic mass is 35.5. The van der Waals surface area contributed by atoms with Crippen molar-refractivity contribution in [2.24, 2.45) is 0 Å². The number of halogens is 3. The van der Waals surface area contributed by atoms with Crippen molar-refractivity contribution in [1.29, 1.82) is 5.26 Å². The quantitative estimate of drug-likeness (QED) is 0.520. The Morgan fingerprint density at radius 3 is 2.65 bits per heavy atom. The number of rotatable bonds is 2. The van der Waals surface area contributed by atoms with Crippen LogP contribution in [0.5, 0.6) is 0 Å². The second-order valence-corrected chi connectivity index (χ2v) is 5.24. The smallest absolute Gasteiger partial charge is 0.270 e. The number of nitrogens with one attached hydrogen (secondary N) is 1. The van der Waals surface area contributed by atoms with Gasteiger partial charge in [-0.3, -0.25) is 4.79 Å². The van der Waals surface area contributed by atoms with E-state index in [1.54, 1.807) is 12.3 Å². The van der Waals surface area contributed by atoms with Crippen LogP contribution in [0.25, 0.3) is 11.3 Å². The Kier molecular flexibility index (Phi) is 4.33. The molecule has 2 aromatic rings. The van der Waals surface area contributed by atoms with Crippen molar-refractivity contribution in [2.75, 3.05) is 6.26 Å². The van der Waals surface area contributed by atoms with E-state index in [1.165, 1.54) is 12.1 Å². The van der Waals surface area contributed by atoms with Gasteiger partial charge < -0.3 is 4.98 Å². The van der Waals surface area contributed by atoms with Crippen LogP contribution in [-0.2, 0) is 0 Å². The molecule has 0 spiro atoms. The first-order valence-corrected chi connectivity index (χ1v) is 7.20. The SMILES string of the molecule is CSc1nc(-c2c(Cl)ccc(Cl)c2F)c(C#N)c(=O)[nH]1. The predicted octanol–water partition coefficient (Wildman–Crippen LogP) is 3.48. The number of thioether (sulfide) groups is 1. The third kappa shape index (κ3) is 2.52. The topological polar surface area (TPSA) is 69.5 Å². The average Bonchev–Trinajstić information content (AvgIpc) is 2.43. The van der Waals surface area contributed by atoms with Crippen LogP contribution in [0.2, 0.25) is 10.0 Å². The van der Waals surface area contributed by atoms with Crippen molar-refractivity contribution in [3.63, 3.8) is 0 Å². The Balaban J connectivity index is 2.89. The summed E-state index contributed by atoms with van der Waals surface area (Å²) in [5.41, 5.74) is -1.24. The van der Waals surface area contributed by atoms with Crippen LogP contribution in [0, 0.1) is 17.1 Å². The number of aromatic amines is 1. The second-order valence-electron chi connectivity index (χ2n) is 3.63. The van der Waals surface area contributed by atoms with Crippen molar-refractivity contribution in [3.8, 4) is 17.3 Å². The highest BCUT2D eigenvalue weighted by Crippen LogP contribution is 2.34. The van der Waals surface area contributed by atoms with E-state index in [-0.39, 0.29) is 32.0 Å². The summed E-state index contributed by atoms with van der Waals surface area (Å²) in [7, 11) is 0. The maximum Gasteiger partial charge on any atom is 0.270 e. The van der Waals surface area contributed by atoms with Crippen LogP contribution in [0.15, 0.2) is 22.1 Å². The molecule has 0 aliphatic carbocycles. The molecule has 1 aromatic heterocycles. The molecule has 20 heavy (non-hydrogen) atoms. The molecule has 4 nitrogen and oxygen atoms in total. The average molecular weight is 330 g/mol. The molecule has 0 saturated carbocycles. The van der Waals surface area contributed by atoms with Crippen LogP contribution < -0.4 is 5.56 Å². The summed E-state index contributed by atoms with van der Waals surface area (Å²) in [4.78, 5) is 18.3. The molecule has 0 aliphatic rings. The van der Waals surface area contributed by atoms with Crippen molar-refractivity contribution >= 4 is 35.0 Å². The zero-order valence-corrected chi connectivity index (χ0v) is 12.3. The lowest BCUT2D eigenvalue weighted by Crippen LogP contribution is -2.15. The molecular formula is C12H6Cl2FN3OS. The van der Waals surface area contributed by atoms with Crippen LogP contribution in [0.4, 0.5) is 4.39 Å². The van der Waals surface area contributed by atoms with Crippen molar-refractivity contribution in [1.82, 2.24) is 9.97 Å². The largest absolute Gasteiger partial charge is 0.300 e. The van der Waals surface area contributed by atoms with Crippen molar-refractivity contribution < 1.29 is 4.39 Å². The van der Waals surface area contributed by atoms with Crippen LogP contribution in [0.1, 0.15) is 5.56 Å². The van der Waals surface area contributed by atoms with Crippen LogP contribution in [-0.4, -0.2) is 16.2 Å². The van der Waals surface area contributed by atoms with Gasteiger partial charge in [-0.2, -0.15) is 5.26 Å². The number of benzene rings is 1. The van der Waals surface area contributed by atoms with Gasteiger partial charge in [-0.05, 0) is 18.4 Å². The minimum absolute atomic E-state index is 0.0218. The van der Waals surface area contributed by atoms with Gasteiger partial charge in [-0.15, -0.1) is 0 Å². The van der Waals surface area contributed by atoms with E-state index in [2.05, 4.69) is 9.97 Å². The Labute approximate surface area is 127 Å². The molecule has 0 radical (unpaired) electrons. The van der Waals surface area contributed by atoms with Crippen molar-refractivity contribution in [2.45, 2.75) is 5.16 Å². The number of nitriles is 1. The molecule has 0 aliphatic heterocycles. The van der Waals surface area contributed by atoms with Gasteiger partial charge in [-0.1, -0.05) is 35.0 Å². The summed E-state index contributed by atoms with van der Waals surface area (Å²) in [6, 6.07) is 4.37. The molecule has 8 heteroatoms. The maximum absolute atomic E-state index is 14.1. The zero-order chi connectivity index (χ0) is 14.9. The molecular weight excluding hydrogens is 324 g/mol. The zero-order valence-electron chi connectivity index (χ0n) is 10.00. The molecule has 0 amide bonds. The van der Waals surface area contributed by atoms with Crippen LogP contribution in [0.3, 0.4) is 0 Å². The van der Waals surface area contributed by atoms with E-state index in [9.17, 15) is 9.18 Å². The Morgan fingerprint density at radius 2 is 2.05 bits per heavy atom. The molecule has 1 heterocycles. The Morgan fingerprint density at radius 1 is 1.40 bits per heavy atom. The fourth-order valence-electron chi connectivity index (χ4n) is 1.58. The number of hydrogen-bond acceptors (Lipinski definition) is 4. The van der Waals surface area contributed by atoms with Gasteiger partial charge in [0.15, 0.2) is 11.0 Å².